The van der Waals surface area contributed by atoms with Crippen LogP contribution in [-0.2, 0) is 14.8 Å². The Morgan fingerprint density at radius 2 is 1.53 bits per heavy atom. The molecule has 1 N–H and O–H groups in total. The molecule has 0 heterocycles. The normalized spacial score (nSPS) is 11.2. The lowest BCUT2D eigenvalue weighted by Gasteiger charge is -2.24. The predicted octanol–water partition coefficient (Wildman–Crippen LogP) is 4.88. The molecule has 0 radical (unpaired) electrons. The molecule has 174 valence electrons. The Hall–Kier alpha value is -3.55. The third kappa shape index (κ3) is 5.50. The molecule has 0 bridgehead atoms. The summed E-state index contributed by atoms with van der Waals surface area (Å²) in [4.78, 5) is 12.8. The number of carbonyl (C=O) groups is 1. The van der Waals surface area contributed by atoms with Gasteiger partial charge in [0.2, 0.25) is 5.91 Å². The summed E-state index contributed by atoms with van der Waals surface area (Å²) in [5.74, 6) is 0.276. The standard InChI is InChI=1S/C26H23ClN2O4S/c27-21-13-15-22(16-14-21)29(34(31,32)23-9-2-1-3-10-23)19-26(30)28-17-18-33-25-12-6-8-20-7-4-5-11-24(20)25/h1-16H,17-19H2,(H,28,30). The first-order chi connectivity index (χ1) is 16.4. The highest BCUT2D eigenvalue weighted by Crippen LogP contribution is 2.26. The van der Waals surface area contributed by atoms with Gasteiger partial charge in [0.15, 0.2) is 0 Å². The van der Waals surface area contributed by atoms with Gasteiger partial charge in [-0.3, -0.25) is 9.10 Å². The molecule has 0 aliphatic carbocycles. The molecule has 4 rings (SSSR count). The minimum atomic E-state index is -3.96. The number of nitrogens with one attached hydrogen (secondary N) is 1. The number of ether oxygens (including phenoxy) is 1. The number of benzene rings is 4. The van der Waals surface area contributed by atoms with E-state index in [1.54, 1.807) is 42.5 Å². The van der Waals surface area contributed by atoms with Crippen LogP contribution < -0.4 is 14.4 Å². The zero-order chi connectivity index (χ0) is 24.0. The number of hydrogen-bond acceptors (Lipinski definition) is 4. The van der Waals surface area contributed by atoms with Crippen LogP contribution in [-0.4, -0.2) is 34.0 Å². The van der Waals surface area contributed by atoms with Crippen molar-refractivity contribution in [3.8, 4) is 5.75 Å². The van der Waals surface area contributed by atoms with Gasteiger partial charge < -0.3 is 10.1 Å². The van der Waals surface area contributed by atoms with E-state index in [9.17, 15) is 13.2 Å². The van der Waals surface area contributed by atoms with Gasteiger partial charge in [0.1, 0.15) is 18.9 Å². The maximum atomic E-state index is 13.3. The third-order valence-corrected chi connectivity index (χ3v) is 7.20. The van der Waals surface area contributed by atoms with Gasteiger partial charge in [0.05, 0.1) is 17.1 Å². The molecule has 34 heavy (non-hydrogen) atoms. The van der Waals surface area contributed by atoms with Crippen LogP contribution in [0, 0.1) is 0 Å². The largest absolute Gasteiger partial charge is 0.491 e. The molecule has 0 aliphatic rings. The summed E-state index contributed by atoms with van der Waals surface area (Å²) < 4.78 is 33.5. The Morgan fingerprint density at radius 3 is 2.29 bits per heavy atom. The SMILES string of the molecule is O=C(CN(c1ccc(Cl)cc1)S(=O)(=O)c1ccccc1)NCCOc1cccc2ccccc12. The predicted molar refractivity (Wildman–Crippen MR) is 135 cm³/mol. The second-order valence-electron chi connectivity index (χ2n) is 7.48. The summed E-state index contributed by atoms with van der Waals surface area (Å²) >= 11 is 5.96. The van der Waals surface area contributed by atoms with Gasteiger partial charge in [-0.2, -0.15) is 0 Å². The number of amides is 1. The zero-order valence-corrected chi connectivity index (χ0v) is 19.8. The highest BCUT2D eigenvalue weighted by Gasteiger charge is 2.27. The van der Waals surface area contributed by atoms with E-state index in [0.717, 1.165) is 20.8 Å². The number of halogens is 1. The lowest BCUT2D eigenvalue weighted by molar-refractivity contribution is -0.119. The molecule has 0 unspecified atom stereocenters. The van der Waals surface area contributed by atoms with Crippen LogP contribution in [0.4, 0.5) is 5.69 Å². The molecule has 1 amide bonds. The quantitative estimate of drug-likeness (QED) is 0.336. The minimum Gasteiger partial charge on any atom is -0.491 e. The Morgan fingerprint density at radius 1 is 0.853 bits per heavy atom. The minimum absolute atomic E-state index is 0.0945. The van der Waals surface area contributed by atoms with Crippen molar-refractivity contribution in [1.29, 1.82) is 0 Å². The fourth-order valence-electron chi connectivity index (χ4n) is 3.50. The van der Waals surface area contributed by atoms with E-state index in [1.165, 1.54) is 12.1 Å². The highest BCUT2D eigenvalue weighted by atomic mass is 35.5. The van der Waals surface area contributed by atoms with Crippen LogP contribution >= 0.6 is 11.6 Å². The van der Waals surface area contributed by atoms with Gasteiger partial charge in [-0.05, 0) is 47.9 Å². The molecule has 0 saturated heterocycles. The van der Waals surface area contributed by atoms with Crippen molar-refractivity contribution in [2.24, 2.45) is 0 Å². The maximum absolute atomic E-state index is 13.3. The van der Waals surface area contributed by atoms with Crippen molar-refractivity contribution in [3.63, 3.8) is 0 Å². The van der Waals surface area contributed by atoms with Crippen LogP contribution in [0.2, 0.25) is 5.02 Å². The van der Waals surface area contributed by atoms with Crippen LogP contribution in [0.5, 0.6) is 5.75 Å². The lowest BCUT2D eigenvalue weighted by Crippen LogP contribution is -2.41. The number of fused-ring (bicyclic) bond motifs is 1. The first-order valence-corrected chi connectivity index (χ1v) is 12.5. The Balaban J connectivity index is 1.43. The number of carbonyl (C=O) groups excluding carboxylic acids is 1. The van der Waals surface area contributed by atoms with Gasteiger partial charge in [-0.1, -0.05) is 66.2 Å². The summed E-state index contributed by atoms with van der Waals surface area (Å²) in [6, 6.07) is 28.0. The van der Waals surface area contributed by atoms with Crippen molar-refractivity contribution in [1.82, 2.24) is 5.32 Å². The molecule has 8 heteroatoms. The molecule has 0 aliphatic heterocycles. The van der Waals surface area contributed by atoms with Gasteiger partial charge in [-0.15, -0.1) is 0 Å². The van der Waals surface area contributed by atoms with E-state index in [1.807, 2.05) is 42.5 Å². The molecule has 0 aromatic heterocycles. The molecule has 0 fully saturated rings. The Kier molecular flexibility index (Phi) is 7.35. The average molecular weight is 495 g/mol. The van der Waals surface area contributed by atoms with Crippen molar-refractivity contribution in [2.75, 3.05) is 24.0 Å². The van der Waals surface area contributed by atoms with Crippen molar-refractivity contribution in [3.05, 3.63) is 102 Å². The van der Waals surface area contributed by atoms with Gasteiger partial charge in [-0.25, -0.2) is 8.42 Å². The van der Waals surface area contributed by atoms with Crippen molar-refractivity contribution < 1.29 is 17.9 Å². The number of nitrogens with zero attached hydrogens (tertiary/aromatic N) is 1. The van der Waals surface area contributed by atoms with Gasteiger partial charge >= 0.3 is 0 Å². The van der Waals surface area contributed by atoms with E-state index < -0.39 is 15.9 Å². The zero-order valence-electron chi connectivity index (χ0n) is 18.2. The van der Waals surface area contributed by atoms with E-state index in [0.29, 0.717) is 10.7 Å². The summed E-state index contributed by atoms with van der Waals surface area (Å²) in [6.45, 7) is 0.0845. The number of sulfonamides is 1. The summed E-state index contributed by atoms with van der Waals surface area (Å²) in [7, 11) is -3.96. The molecule has 6 nitrogen and oxygen atoms in total. The van der Waals surface area contributed by atoms with E-state index in [-0.39, 0.29) is 24.6 Å². The molecular formula is C26H23ClN2O4S. The summed E-state index contributed by atoms with van der Waals surface area (Å²) in [6.07, 6.45) is 0. The Bertz CT molecular complexity index is 1370. The van der Waals surface area contributed by atoms with Gasteiger partial charge in [0.25, 0.3) is 10.0 Å². The lowest BCUT2D eigenvalue weighted by atomic mass is 10.1. The van der Waals surface area contributed by atoms with Crippen molar-refractivity contribution in [2.45, 2.75) is 4.90 Å². The van der Waals surface area contributed by atoms with Crippen LogP contribution in [0.15, 0.2) is 102 Å². The molecule has 0 spiro atoms. The second-order valence-corrected chi connectivity index (χ2v) is 9.78. The van der Waals surface area contributed by atoms with Gasteiger partial charge in [0, 0.05) is 10.4 Å². The van der Waals surface area contributed by atoms with E-state index in [2.05, 4.69) is 5.32 Å². The number of hydrogen-bond donors (Lipinski definition) is 1. The first-order valence-electron chi connectivity index (χ1n) is 10.7. The second kappa shape index (κ2) is 10.6. The van der Waals surface area contributed by atoms with Crippen LogP contribution in [0.3, 0.4) is 0 Å². The molecule has 0 atom stereocenters. The first kappa shape index (κ1) is 23.6. The number of anilines is 1. The van der Waals surface area contributed by atoms with Crippen LogP contribution in [0.25, 0.3) is 10.8 Å². The molecule has 4 aromatic carbocycles. The summed E-state index contributed by atoms with van der Waals surface area (Å²) in [5.41, 5.74) is 0.343. The van der Waals surface area contributed by atoms with E-state index >= 15 is 0 Å². The molecule has 0 saturated carbocycles. The topological polar surface area (TPSA) is 75.7 Å². The monoisotopic (exact) mass is 494 g/mol. The fourth-order valence-corrected chi connectivity index (χ4v) is 5.07. The molecule has 4 aromatic rings. The Labute approximate surface area is 203 Å². The highest BCUT2D eigenvalue weighted by molar-refractivity contribution is 7.92. The van der Waals surface area contributed by atoms with Crippen LogP contribution in [0.1, 0.15) is 0 Å². The molecular weight excluding hydrogens is 472 g/mol. The van der Waals surface area contributed by atoms with Crippen molar-refractivity contribution >= 4 is 44.0 Å². The third-order valence-electron chi connectivity index (χ3n) is 5.16. The number of rotatable bonds is 9. The fraction of sp³-hybridized carbons (Fsp3) is 0.115. The maximum Gasteiger partial charge on any atom is 0.264 e. The van der Waals surface area contributed by atoms with E-state index in [4.69, 9.17) is 16.3 Å². The summed E-state index contributed by atoms with van der Waals surface area (Å²) in [5, 5.41) is 5.26. The smallest absolute Gasteiger partial charge is 0.264 e. The average Bonchev–Trinajstić information content (AvgIpc) is 2.86.